The van der Waals surface area contributed by atoms with E-state index in [-0.39, 0.29) is 27.9 Å². The van der Waals surface area contributed by atoms with Gasteiger partial charge in [-0.05, 0) is 149 Å². The number of nitro groups is 3. The minimum absolute atomic E-state index is 0.0199. The molecule has 18 heteroatoms. The van der Waals surface area contributed by atoms with Gasteiger partial charge in [-0.1, -0.05) is 158 Å². The lowest BCUT2D eigenvalue weighted by atomic mass is 9.76. The third-order valence-corrected chi connectivity index (χ3v) is 20.8. The molecule has 0 amide bonds. The lowest BCUT2D eigenvalue weighted by Crippen LogP contribution is -2.60. The molecule has 0 aromatic heterocycles. The van der Waals surface area contributed by atoms with E-state index in [1.165, 1.54) is 85.5 Å². The third kappa shape index (κ3) is 11.8. The van der Waals surface area contributed by atoms with Crippen molar-refractivity contribution in [3.05, 3.63) is 305 Å². The first-order chi connectivity index (χ1) is 48.6. The highest BCUT2D eigenvalue weighted by Crippen LogP contribution is 2.60. The molecule has 0 radical (unpaired) electrons. The van der Waals surface area contributed by atoms with Gasteiger partial charge < -0.3 is 43.1 Å². The Labute approximate surface area is 588 Å². The molecule has 15 rings (SSSR count). The second-order valence-electron chi connectivity index (χ2n) is 27.3. The normalized spacial score (nSPS) is 19.6. The Kier molecular flexibility index (Phi) is 18.1. The molecule has 9 aromatic carbocycles. The number of rotatable bonds is 16. The Morgan fingerprint density at radius 2 is 0.733 bits per heavy atom. The van der Waals surface area contributed by atoms with Gasteiger partial charge in [0, 0.05) is 71.6 Å². The van der Waals surface area contributed by atoms with Gasteiger partial charge in [-0.2, -0.15) is 0 Å². The summed E-state index contributed by atoms with van der Waals surface area (Å²) in [5, 5.41) is 34.2. The molecule has 3 unspecified atom stereocenters. The van der Waals surface area contributed by atoms with Crippen molar-refractivity contribution in [1.82, 2.24) is 0 Å². The van der Waals surface area contributed by atoms with Crippen molar-refractivity contribution in [3.8, 4) is 34.5 Å². The minimum atomic E-state index is -0.839. The summed E-state index contributed by atoms with van der Waals surface area (Å²) in [5.74, 6) is 2.63. The van der Waals surface area contributed by atoms with Crippen molar-refractivity contribution >= 4 is 58.4 Å². The first-order valence-electron chi connectivity index (χ1n) is 33.8. The number of fused-ring (bicyclic) bond motifs is 6. The predicted molar refractivity (Wildman–Crippen MR) is 397 cm³/mol. The highest BCUT2D eigenvalue weighted by molar-refractivity contribution is 5.79. The Bertz CT molecular complexity index is 4780. The minimum Gasteiger partial charge on any atom is -0.493 e. The summed E-state index contributed by atoms with van der Waals surface area (Å²) in [5.41, 5.74) is 8.89. The zero-order valence-electron chi connectivity index (χ0n) is 58.0. The van der Waals surface area contributed by atoms with Crippen LogP contribution in [0.15, 0.2) is 224 Å². The first-order valence-corrected chi connectivity index (χ1v) is 33.8. The van der Waals surface area contributed by atoms with Crippen LogP contribution in [0, 0.1) is 30.3 Å². The lowest BCUT2D eigenvalue weighted by Gasteiger charge is -2.47. The van der Waals surface area contributed by atoms with Crippen molar-refractivity contribution in [3.63, 3.8) is 0 Å². The number of benzene rings is 9. The van der Waals surface area contributed by atoms with Gasteiger partial charge in [0.1, 0.15) is 0 Å². The van der Waals surface area contributed by atoms with Crippen LogP contribution in [0.1, 0.15) is 98.0 Å². The lowest BCUT2D eigenvalue weighted by molar-refractivity contribution is -0.385. The van der Waals surface area contributed by atoms with Crippen molar-refractivity contribution in [2.45, 2.75) is 94.2 Å². The van der Waals surface area contributed by atoms with Gasteiger partial charge in [-0.3, -0.25) is 30.3 Å². The summed E-state index contributed by atoms with van der Waals surface area (Å²) in [4.78, 5) is 39.9. The third-order valence-electron chi connectivity index (χ3n) is 20.8. The average Bonchev–Trinajstić information content (AvgIpc) is 1.56. The van der Waals surface area contributed by atoms with E-state index in [2.05, 4.69) is 190 Å². The topological polar surface area (TPSA) is 195 Å². The molecule has 6 aliphatic heterocycles. The van der Waals surface area contributed by atoms with Crippen LogP contribution in [-0.4, -0.2) is 72.9 Å². The quantitative estimate of drug-likeness (QED) is 0.0654. The number of non-ortho nitro benzene ring substituents is 3. The van der Waals surface area contributed by atoms with Gasteiger partial charge in [-0.25, -0.2) is 0 Å². The number of ether oxygens (including phenoxy) is 6. The van der Waals surface area contributed by atoms with Crippen molar-refractivity contribution in [2.24, 2.45) is 0 Å². The second-order valence-corrected chi connectivity index (χ2v) is 27.3. The average molecular weight is 1350 g/mol. The summed E-state index contributed by atoms with van der Waals surface area (Å²) in [7, 11) is 4.53. The second kappa shape index (κ2) is 26.9. The molecule has 18 nitrogen and oxygen atoms in total. The number of aryl methyl sites for hydroxylation is 1. The van der Waals surface area contributed by atoms with Crippen LogP contribution >= 0.6 is 0 Å². The molecule has 6 heterocycles. The monoisotopic (exact) mass is 1350 g/mol. The SMILES string of the molecule is COc1cc([N+](=O)[O-])cc2c1OC1(C=C2)N(C/C=C/c2ccccc2)c2ccccc2C1(C)C.COc1cc([N+](=O)[O-])cc2c1OC1(C=C2)N(CCCc2ccccc2)c2ccccc2C1(C)C.COc1cc([N+](=O)[O-])cc2c1OC1(C=C2)N(CCc2ccccc2)c2ccccc2C1(C)C. The predicted octanol–water partition coefficient (Wildman–Crippen LogP) is 18.1. The molecular weight excluding hydrogens is 1270 g/mol. The molecule has 3 atom stereocenters. The zero-order chi connectivity index (χ0) is 71.1. The number of nitro benzene ring substituents is 3. The van der Waals surface area contributed by atoms with Crippen LogP contribution in [0.2, 0.25) is 0 Å². The highest BCUT2D eigenvalue weighted by Gasteiger charge is 2.62. The molecule has 0 saturated heterocycles. The number of anilines is 3. The van der Waals surface area contributed by atoms with E-state index < -0.39 is 37.4 Å². The van der Waals surface area contributed by atoms with Gasteiger partial charge in [0.25, 0.3) is 17.1 Å². The molecular formula is C83H80N6O12. The highest BCUT2D eigenvalue weighted by atomic mass is 16.6. The van der Waals surface area contributed by atoms with Gasteiger partial charge in [0.2, 0.25) is 17.2 Å². The fourth-order valence-corrected chi connectivity index (χ4v) is 15.4. The van der Waals surface area contributed by atoms with Gasteiger partial charge >= 0.3 is 0 Å². The number of hydrogen-bond donors (Lipinski definition) is 0. The van der Waals surface area contributed by atoms with Crippen LogP contribution in [0.3, 0.4) is 0 Å². The molecule has 6 aliphatic rings. The van der Waals surface area contributed by atoms with Gasteiger partial charge in [-0.15, -0.1) is 0 Å². The van der Waals surface area contributed by atoms with E-state index in [1.807, 2.05) is 78.9 Å². The molecule has 0 aliphatic carbocycles. The summed E-state index contributed by atoms with van der Waals surface area (Å²) in [6, 6.07) is 65.1. The van der Waals surface area contributed by atoms with Crippen molar-refractivity contribution in [1.29, 1.82) is 0 Å². The molecule has 0 N–H and O–H groups in total. The van der Waals surface area contributed by atoms with Crippen LogP contribution < -0.4 is 43.1 Å². The molecule has 0 fully saturated rings. The summed E-state index contributed by atoms with van der Waals surface area (Å²) in [6.45, 7) is 15.2. The number of para-hydroxylation sites is 3. The van der Waals surface area contributed by atoms with E-state index >= 15 is 0 Å². The van der Waals surface area contributed by atoms with E-state index in [0.717, 1.165) is 55.0 Å². The fraction of sp³-hybridized carbons (Fsp3) is 0.253. The molecule has 9 aromatic rings. The van der Waals surface area contributed by atoms with Crippen LogP contribution in [-0.2, 0) is 29.1 Å². The van der Waals surface area contributed by atoms with Crippen molar-refractivity contribution < 1.29 is 43.2 Å². The summed E-state index contributed by atoms with van der Waals surface area (Å²) < 4.78 is 37.1. The fourth-order valence-electron chi connectivity index (χ4n) is 15.4. The molecule has 0 bridgehead atoms. The van der Waals surface area contributed by atoms with E-state index in [4.69, 9.17) is 28.4 Å². The summed E-state index contributed by atoms with van der Waals surface area (Å²) in [6.07, 6.45) is 18.9. The van der Waals surface area contributed by atoms with E-state index in [0.29, 0.717) is 57.7 Å². The molecule has 0 saturated carbocycles. The van der Waals surface area contributed by atoms with Gasteiger partial charge in [0.15, 0.2) is 34.5 Å². The molecule has 3 spiro atoms. The largest absolute Gasteiger partial charge is 0.493 e. The van der Waals surface area contributed by atoms with E-state index in [1.54, 1.807) is 0 Å². The maximum atomic E-state index is 11.4. The van der Waals surface area contributed by atoms with Crippen LogP contribution in [0.4, 0.5) is 34.1 Å². The van der Waals surface area contributed by atoms with Gasteiger partial charge in [0.05, 0.1) is 70.5 Å². The Balaban J connectivity index is 0.000000135. The number of hydrogen-bond acceptors (Lipinski definition) is 15. The maximum absolute atomic E-state index is 11.4. The first kappa shape index (κ1) is 67.9. The van der Waals surface area contributed by atoms with Crippen LogP contribution in [0.25, 0.3) is 24.3 Å². The maximum Gasteiger partial charge on any atom is 0.274 e. The van der Waals surface area contributed by atoms with Crippen LogP contribution in [0.5, 0.6) is 34.5 Å². The zero-order valence-corrected chi connectivity index (χ0v) is 58.0. The molecule has 101 heavy (non-hydrogen) atoms. The Hall–Kier alpha value is -11.7. The smallest absolute Gasteiger partial charge is 0.274 e. The Morgan fingerprint density at radius 1 is 0.406 bits per heavy atom. The number of nitrogens with zero attached hydrogens (tertiary/aromatic N) is 6. The number of methoxy groups -OCH3 is 3. The standard InChI is InChI=1S/C28H28N2O4.C28H26N2O4.C27H26N2O4/c2*1-27(2)23-13-7-8-14-24(23)29(17-9-12-20-10-5-4-6-11-20)28(27)16-15-21-18-22(30(31)32)19-25(33-3)26(21)34-28;1-26(2)22-11-7-8-12-23(22)28(16-14-19-9-5-4-6-10-19)27(26)15-13-20-17-21(29(30)31)18-24(32-3)25(20)33-27/h4-8,10-11,13-16,18-19H,9,12,17H2,1-3H3;4-16,18-19H,17H2,1-3H3;4-13,15,17-18H,14,16H2,1-3H3/b;12-9+;. The summed E-state index contributed by atoms with van der Waals surface area (Å²) >= 11 is 0. The Morgan fingerprint density at radius 3 is 1.11 bits per heavy atom. The molecule has 514 valence electrons. The van der Waals surface area contributed by atoms with E-state index in [9.17, 15) is 30.3 Å². The van der Waals surface area contributed by atoms with Crippen molar-refractivity contribution in [2.75, 3.05) is 55.7 Å².